The number of nitrogens with one attached hydrogen (secondary N) is 1. The molecule has 0 fully saturated rings. The van der Waals surface area contributed by atoms with Crippen molar-refractivity contribution in [2.24, 2.45) is 5.84 Å². The van der Waals surface area contributed by atoms with Crippen molar-refractivity contribution in [3.63, 3.8) is 0 Å². The molecular weight excluding hydrogens is 264 g/mol. The first kappa shape index (κ1) is 15.3. The highest BCUT2D eigenvalue weighted by Crippen LogP contribution is 2.09. The van der Waals surface area contributed by atoms with E-state index in [1.807, 2.05) is 5.43 Å². The second-order valence-corrected chi connectivity index (χ2v) is 10.9. The van der Waals surface area contributed by atoms with Crippen molar-refractivity contribution in [1.29, 1.82) is 0 Å². The number of amides is 1. The highest BCUT2D eigenvalue weighted by Gasteiger charge is 2.16. The van der Waals surface area contributed by atoms with Gasteiger partial charge < -0.3 is 4.74 Å². The van der Waals surface area contributed by atoms with Gasteiger partial charge in [0, 0.05) is 8.07 Å². The summed E-state index contributed by atoms with van der Waals surface area (Å²) in [5.74, 6) is 3.88. The first-order valence-electron chi connectivity index (χ1n) is 5.84. The van der Waals surface area contributed by atoms with E-state index in [1.165, 1.54) is 12.3 Å². The molecule has 1 aromatic heterocycles. The van der Waals surface area contributed by atoms with Gasteiger partial charge >= 0.3 is 5.97 Å². The standard InChI is InChI=1S/C11H18N4O3Si/c1-19(2,3)5-4-18-11(17)9-6-8(7-13-15-9)10(16)14-12/h6-7H,4-5,12H2,1-3H3,(H,14,16). The van der Waals surface area contributed by atoms with E-state index in [0.29, 0.717) is 6.61 Å². The van der Waals surface area contributed by atoms with Crippen molar-refractivity contribution in [3.8, 4) is 0 Å². The van der Waals surface area contributed by atoms with E-state index in [9.17, 15) is 9.59 Å². The van der Waals surface area contributed by atoms with Crippen LogP contribution in [0.5, 0.6) is 0 Å². The van der Waals surface area contributed by atoms with Crippen molar-refractivity contribution >= 4 is 20.0 Å². The molecule has 1 rings (SSSR count). The monoisotopic (exact) mass is 282 g/mol. The molecule has 0 bridgehead atoms. The molecule has 0 atom stereocenters. The summed E-state index contributed by atoms with van der Waals surface area (Å²) in [5.41, 5.74) is 2.12. The van der Waals surface area contributed by atoms with E-state index < -0.39 is 20.0 Å². The molecule has 0 spiro atoms. The lowest BCUT2D eigenvalue weighted by Crippen LogP contribution is -2.30. The van der Waals surface area contributed by atoms with Gasteiger partial charge in [-0.15, -0.1) is 5.10 Å². The smallest absolute Gasteiger partial charge is 0.358 e. The van der Waals surface area contributed by atoms with Gasteiger partial charge in [-0.2, -0.15) is 5.10 Å². The first-order chi connectivity index (χ1) is 8.83. The maximum atomic E-state index is 11.7. The Labute approximate surface area is 112 Å². The predicted molar refractivity (Wildman–Crippen MR) is 72.1 cm³/mol. The van der Waals surface area contributed by atoms with Crippen LogP contribution in [0, 0.1) is 0 Å². The summed E-state index contributed by atoms with van der Waals surface area (Å²) < 4.78 is 5.10. The van der Waals surface area contributed by atoms with Crippen LogP contribution < -0.4 is 11.3 Å². The summed E-state index contributed by atoms with van der Waals surface area (Å²) in [6.07, 6.45) is 1.22. The Hall–Kier alpha value is -1.80. The van der Waals surface area contributed by atoms with E-state index in [1.54, 1.807) is 0 Å². The van der Waals surface area contributed by atoms with E-state index in [4.69, 9.17) is 10.6 Å². The van der Waals surface area contributed by atoms with Crippen molar-refractivity contribution < 1.29 is 14.3 Å². The molecule has 19 heavy (non-hydrogen) atoms. The highest BCUT2D eigenvalue weighted by atomic mass is 28.3. The fourth-order valence-corrected chi connectivity index (χ4v) is 1.91. The minimum atomic E-state index is -1.25. The number of hydrogen-bond donors (Lipinski definition) is 2. The molecule has 0 unspecified atom stereocenters. The van der Waals surface area contributed by atoms with Gasteiger partial charge in [0.1, 0.15) is 0 Å². The first-order valence-corrected chi connectivity index (χ1v) is 9.55. The summed E-state index contributed by atoms with van der Waals surface area (Å²) in [5, 5.41) is 7.21. The predicted octanol–water partition coefficient (Wildman–Crippen LogP) is 0.575. The molecule has 0 aliphatic heterocycles. The minimum absolute atomic E-state index is 0.00308. The lowest BCUT2D eigenvalue weighted by Gasteiger charge is -2.14. The Kier molecular flexibility index (Phi) is 5.13. The molecule has 0 aliphatic carbocycles. The molecule has 3 N–H and O–H groups in total. The molecule has 0 saturated heterocycles. The Bertz CT molecular complexity index is 473. The molecule has 1 aromatic rings. The van der Waals surface area contributed by atoms with Crippen LogP contribution in [-0.2, 0) is 4.74 Å². The number of aromatic nitrogens is 2. The average Bonchev–Trinajstić information content (AvgIpc) is 2.36. The van der Waals surface area contributed by atoms with E-state index in [2.05, 4.69) is 29.8 Å². The van der Waals surface area contributed by atoms with Crippen LogP contribution >= 0.6 is 0 Å². The van der Waals surface area contributed by atoms with E-state index in [0.717, 1.165) is 6.04 Å². The number of nitrogen functional groups attached to an aromatic ring is 1. The number of hydrazine groups is 1. The van der Waals surface area contributed by atoms with Gasteiger partial charge in [-0.1, -0.05) is 19.6 Å². The Balaban J connectivity index is 2.65. The zero-order valence-electron chi connectivity index (χ0n) is 11.3. The summed E-state index contributed by atoms with van der Waals surface area (Å²) in [7, 11) is -1.25. The normalized spacial score (nSPS) is 10.9. The van der Waals surface area contributed by atoms with E-state index >= 15 is 0 Å². The van der Waals surface area contributed by atoms with Gasteiger partial charge in [-0.05, 0) is 12.1 Å². The number of hydrogen-bond acceptors (Lipinski definition) is 6. The van der Waals surface area contributed by atoms with Crippen LogP contribution in [0.1, 0.15) is 20.8 Å². The number of nitrogens with two attached hydrogens (primary N) is 1. The number of rotatable bonds is 5. The fourth-order valence-electron chi connectivity index (χ4n) is 1.20. The largest absolute Gasteiger partial charge is 0.461 e. The van der Waals surface area contributed by atoms with Gasteiger partial charge in [-0.3, -0.25) is 10.2 Å². The fraction of sp³-hybridized carbons (Fsp3) is 0.455. The van der Waals surface area contributed by atoms with Crippen molar-refractivity contribution in [2.75, 3.05) is 6.61 Å². The summed E-state index contributed by atoms with van der Waals surface area (Å²) >= 11 is 0. The summed E-state index contributed by atoms with van der Waals surface area (Å²) in [6, 6.07) is 2.17. The molecule has 1 amide bonds. The van der Waals surface area contributed by atoms with Gasteiger partial charge in [-0.25, -0.2) is 10.6 Å². The van der Waals surface area contributed by atoms with Gasteiger partial charge in [0.25, 0.3) is 5.91 Å². The van der Waals surface area contributed by atoms with Crippen LogP contribution in [-0.4, -0.2) is 36.8 Å². The molecule has 7 nitrogen and oxygen atoms in total. The molecular formula is C11H18N4O3Si. The van der Waals surface area contributed by atoms with Gasteiger partial charge in [0.05, 0.1) is 18.4 Å². The van der Waals surface area contributed by atoms with Crippen LogP contribution in [0.3, 0.4) is 0 Å². The third-order valence-corrected chi connectivity index (χ3v) is 4.05. The van der Waals surface area contributed by atoms with Crippen LogP contribution in [0.15, 0.2) is 12.3 Å². The second-order valence-electron chi connectivity index (χ2n) is 5.25. The average molecular weight is 282 g/mol. The van der Waals surface area contributed by atoms with Crippen molar-refractivity contribution in [1.82, 2.24) is 15.6 Å². The number of nitrogens with zero attached hydrogens (tertiary/aromatic N) is 2. The lowest BCUT2D eigenvalue weighted by molar-refractivity contribution is 0.0517. The van der Waals surface area contributed by atoms with Crippen LogP contribution in [0.4, 0.5) is 0 Å². The number of carbonyl (C=O) groups is 2. The molecule has 0 aliphatic rings. The summed E-state index contributed by atoms with van der Waals surface area (Å²) in [4.78, 5) is 23.0. The van der Waals surface area contributed by atoms with Gasteiger partial charge in [0.15, 0.2) is 5.69 Å². The SMILES string of the molecule is C[Si](C)(C)CCOC(=O)c1cc(C(=O)NN)cnn1. The minimum Gasteiger partial charge on any atom is -0.461 e. The van der Waals surface area contributed by atoms with Crippen molar-refractivity contribution in [2.45, 2.75) is 25.7 Å². The summed E-state index contributed by atoms with van der Waals surface area (Å²) in [6.45, 7) is 6.91. The third kappa shape index (κ3) is 5.14. The third-order valence-electron chi connectivity index (χ3n) is 2.34. The molecule has 0 saturated carbocycles. The topological polar surface area (TPSA) is 107 Å². The second kappa shape index (κ2) is 6.39. The molecule has 1 heterocycles. The zero-order valence-corrected chi connectivity index (χ0v) is 12.3. The molecule has 0 aromatic carbocycles. The Morgan fingerprint density at radius 2 is 2.11 bits per heavy atom. The number of ether oxygens (including phenoxy) is 1. The maximum absolute atomic E-state index is 11.7. The highest BCUT2D eigenvalue weighted by molar-refractivity contribution is 6.76. The Morgan fingerprint density at radius 3 is 2.68 bits per heavy atom. The quantitative estimate of drug-likeness (QED) is 0.269. The molecule has 8 heteroatoms. The lowest BCUT2D eigenvalue weighted by atomic mass is 10.2. The van der Waals surface area contributed by atoms with Crippen molar-refractivity contribution in [3.05, 3.63) is 23.5 Å². The zero-order chi connectivity index (χ0) is 14.5. The number of esters is 1. The Morgan fingerprint density at radius 1 is 1.42 bits per heavy atom. The molecule has 0 radical (unpaired) electrons. The van der Waals surface area contributed by atoms with Crippen LogP contribution in [0.2, 0.25) is 25.7 Å². The maximum Gasteiger partial charge on any atom is 0.358 e. The van der Waals surface area contributed by atoms with E-state index in [-0.39, 0.29) is 11.3 Å². The molecule has 104 valence electrons. The number of carbonyl (C=O) groups excluding carboxylic acids is 2. The van der Waals surface area contributed by atoms with Gasteiger partial charge in [0.2, 0.25) is 0 Å². The van der Waals surface area contributed by atoms with Crippen LogP contribution in [0.25, 0.3) is 0 Å².